The first-order valence-corrected chi connectivity index (χ1v) is 7.26. The van der Waals surface area contributed by atoms with Gasteiger partial charge in [0.2, 0.25) is 5.52 Å². The molecule has 0 saturated heterocycles. The van der Waals surface area contributed by atoms with E-state index in [-0.39, 0.29) is 0 Å². The third-order valence-corrected chi connectivity index (χ3v) is 3.29. The molecule has 3 aromatic rings. The van der Waals surface area contributed by atoms with E-state index >= 15 is 0 Å². The molecule has 3 rings (SSSR count). The third kappa shape index (κ3) is 3.69. The van der Waals surface area contributed by atoms with E-state index < -0.39 is 0 Å². The fraction of sp³-hybridized carbons (Fsp3) is 0.111. The Morgan fingerprint density at radius 2 is 2.13 bits per heavy atom. The molecule has 0 aliphatic rings. The van der Waals surface area contributed by atoms with E-state index in [4.69, 9.17) is 9.62 Å². The molecule has 0 radical (unpaired) electrons. The van der Waals surface area contributed by atoms with E-state index in [9.17, 15) is 0 Å². The van der Waals surface area contributed by atoms with Crippen LogP contribution in [0, 0.1) is 11.8 Å². The second-order valence-electron chi connectivity index (χ2n) is 4.86. The monoisotopic (exact) mass is 306 g/mol. The second kappa shape index (κ2) is 7.14. The lowest BCUT2D eigenvalue weighted by atomic mass is 10.2. The highest BCUT2D eigenvalue weighted by atomic mass is 16.4. The summed E-state index contributed by atoms with van der Waals surface area (Å²) >= 11 is 0. The highest BCUT2D eigenvalue weighted by molar-refractivity contribution is 5.88. The van der Waals surface area contributed by atoms with E-state index in [2.05, 4.69) is 33.4 Å². The number of nitrogens with zero attached hydrogens (tertiary/aromatic N) is 1. The van der Waals surface area contributed by atoms with Gasteiger partial charge in [-0.3, -0.25) is 0 Å². The Kier molecular flexibility index (Phi) is 4.55. The van der Waals surface area contributed by atoms with Gasteiger partial charge < -0.3 is 14.9 Å². The summed E-state index contributed by atoms with van der Waals surface area (Å²) in [5, 5.41) is 15.9. The van der Waals surface area contributed by atoms with E-state index in [1.807, 2.05) is 30.5 Å². The van der Waals surface area contributed by atoms with Crippen molar-refractivity contribution in [3.05, 3.63) is 60.2 Å². The molecule has 5 nitrogen and oxygen atoms in total. The minimum absolute atomic E-state index is 0.474. The van der Waals surface area contributed by atoms with Crippen LogP contribution >= 0.6 is 0 Å². The molecule has 2 heterocycles. The SMILES string of the molecule is O/N=C\c1ccc(C#CCCNc2cc[nH+]c3ccccc23)o1. The van der Waals surface area contributed by atoms with Gasteiger partial charge in [-0.2, -0.15) is 0 Å². The predicted octanol–water partition coefficient (Wildman–Crippen LogP) is 2.91. The van der Waals surface area contributed by atoms with Gasteiger partial charge in [0.25, 0.3) is 0 Å². The van der Waals surface area contributed by atoms with Gasteiger partial charge in [0.05, 0.1) is 11.1 Å². The van der Waals surface area contributed by atoms with Gasteiger partial charge in [-0.15, -0.1) is 0 Å². The van der Waals surface area contributed by atoms with Crippen molar-refractivity contribution >= 4 is 22.8 Å². The Labute approximate surface area is 133 Å². The maximum Gasteiger partial charge on any atom is 0.212 e. The van der Waals surface area contributed by atoms with E-state index in [0.29, 0.717) is 17.9 Å². The largest absolute Gasteiger partial charge is 0.447 e. The van der Waals surface area contributed by atoms with Crippen LogP contribution in [0.4, 0.5) is 5.69 Å². The topological polar surface area (TPSA) is 71.9 Å². The summed E-state index contributed by atoms with van der Waals surface area (Å²) in [6.45, 7) is 0.743. The van der Waals surface area contributed by atoms with E-state index in [1.54, 1.807) is 12.1 Å². The quantitative estimate of drug-likeness (QED) is 0.256. The fourth-order valence-corrected chi connectivity index (χ4v) is 2.26. The van der Waals surface area contributed by atoms with Crippen molar-refractivity contribution in [2.45, 2.75) is 6.42 Å². The Morgan fingerprint density at radius 3 is 3.04 bits per heavy atom. The first-order valence-electron chi connectivity index (χ1n) is 7.26. The number of rotatable bonds is 4. The van der Waals surface area contributed by atoms with Gasteiger partial charge in [0.1, 0.15) is 12.0 Å². The molecule has 0 spiro atoms. The lowest BCUT2D eigenvalue weighted by Crippen LogP contribution is -2.06. The number of aromatic amines is 1. The smallest absolute Gasteiger partial charge is 0.212 e. The lowest BCUT2D eigenvalue weighted by Gasteiger charge is -2.04. The van der Waals surface area contributed by atoms with Crippen molar-refractivity contribution in [2.75, 3.05) is 11.9 Å². The Balaban J connectivity index is 1.58. The molecule has 0 aliphatic heterocycles. The minimum atomic E-state index is 0.474. The summed E-state index contributed by atoms with van der Waals surface area (Å²) in [5.74, 6) is 7.02. The molecule has 0 saturated carbocycles. The molecule has 2 aromatic heterocycles. The van der Waals surface area contributed by atoms with Crippen LogP contribution in [0.25, 0.3) is 10.9 Å². The maximum atomic E-state index is 8.42. The van der Waals surface area contributed by atoms with Gasteiger partial charge in [-0.05, 0) is 24.1 Å². The van der Waals surface area contributed by atoms with Crippen LogP contribution in [0.2, 0.25) is 0 Å². The summed E-state index contributed by atoms with van der Waals surface area (Å²) in [6.07, 6.45) is 3.84. The zero-order valence-corrected chi connectivity index (χ0v) is 12.4. The number of hydrogen-bond acceptors (Lipinski definition) is 4. The molecule has 0 amide bonds. The number of nitrogens with one attached hydrogen (secondary N) is 2. The van der Waals surface area contributed by atoms with E-state index in [1.165, 1.54) is 6.21 Å². The first kappa shape index (κ1) is 14.7. The maximum absolute atomic E-state index is 8.42. The molecule has 23 heavy (non-hydrogen) atoms. The van der Waals surface area contributed by atoms with Crippen LogP contribution in [-0.4, -0.2) is 18.0 Å². The molecule has 0 unspecified atom stereocenters. The number of anilines is 1. The van der Waals surface area contributed by atoms with Crippen molar-refractivity contribution < 1.29 is 14.6 Å². The van der Waals surface area contributed by atoms with Gasteiger partial charge in [0.15, 0.2) is 12.0 Å². The molecule has 1 aromatic carbocycles. The third-order valence-electron chi connectivity index (χ3n) is 3.29. The number of para-hydroxylation sites is 1. The Morgan fingerprint density at radius 1 is 1.22 bits per heavy atom. The highest BCUT2D eigenvalue weighted by Gasteiger charge is 2.03. The van der Waals surface area contributed by atoms with Crippen LogP contribution in [0.3, 0.4) is 0 Å². The van der Waals surface area contributed by atoms with Crippen molar-refractivity contribution in [3.63, 3.8) is 0 Å². The molecule has 114 valence electrons. The zero-order chi connectivity index (χ0) is 15.9. The number of fused-ring (bicyclic) bond motifs is 1. The van der Waals surface area contributed by atoms with Gasteiger partial charge in [-0.25, -0.2) is 4.98 Å². The predicted molar refractivity (Wildman–Crippen MR) is 88.6 cm³/mol. The van der Waals surface area contributed by atoms with Crippen LogP contribution in [0.5, 0.6) is 0 Å². The second-order valence-corrected chi connectivity index (χ2v) is 4.86. The van der Waals surface area contributed by atoms with Crippen molar-refractivity contribution in [1.29, 1.82) is 0 Å². The number of H-pyrrole nitrogens is 1. The number of benzene rings is 1. The molecule has 5 heteroatoms. The average Bonchev–Trinajstić information content (AvgIpc) is 3.02. The normalized spacial score (nSPS) is 10.6. The van der Waals surface area contributed by atoms with Gasteiger partial charge in [0, 0.05) is 25.1 Å². The molecule has 0 aliphatic carbocycles. The van der Waals surface area contributed by atoms with Crippen molar-refractivity contribution in [3.8, 4) is 11.8 Å². The van der Waals surface area contributed by atoms with Gasteiger partial charge >= 0.3 is 0 Å². The number of pyridine rings is 1. The number of aromatic nitrogens is 1. The number of furan rings is 1. The summed E-state index contributed by atoms with van der Waals surface area (Å²) in [5.41, 5.74) is 2.18. The standard InChI is InChI=1S/C18H15N3O2/c22-21-13-15-9-8-14(23-15)5-3-4-11-19-18-10-12-20-17-7-2-1-6-16(17)18/h1-2,6-10,12-13,22H,4,11H2,(H,19,20)/p+1/b21-13-. The molecule has 0 atom stereocenters. The summed E-state index contributed by atoms with van der Waals surface area (Å²) in [7, 11) is 0. The summed E-state index contributed by atoms with van der Waals surface area (Å²) < 4.78 is 5.34. The molecule has 3 N–H and O–H groups in total. The highest BCUT2D eigenvalue weighted by Crippen LogP contribution is 2.18. The Hall–Kier alpha value is -3.26. The van der Waals surface area contributed by atoms with E-state index in [0.717, 1.165) is 23.1 Å². The Bertz CT molecular complexity index is 882. The molecular weight excluding hydrogens is 290 g/mol. The minimum Gasteiger partial charge on any atom is -0.447 e. The van der Waals surface area contributed by atoms with Crippen molar-refractivity contribution in [1.82, 2.24) is 0 Å². The van der Waals surface area contributed by atoms with Crippen LogP contribution < -0.4 is 10.3 Å². The summed E-state index contributed by atoms with van der Waals surface area (Å²) in [4.78, 5) is 3.22. The average molecular weight is 306 g/mol. The summed E-state index contributed by atoms with van der Waals surface area (Å²) in [6, 6.07) is 13.6. The zero-order valence-electron chi connectivity index (χ0n) is 12.4. The number of oxime groups is 1. The van der Waals surface area contributed by atoms with Crippen LogP contribution in [0.1, 0.15) is 17.9 Å². The van der Waals surface area contributed by atoms with Crippen LogP contribution in [-0.2, 0) is 0 Å². The van der Waals surface area contributed by atoms with Gasteiger partial charge in [-0.1, -0.05) is 23.2 Å². The number of hydrogen-bond donors (Lipinski definition) is 2. The molecule has 0 bridgehead atoms. The lowest BCUT2D eigenvalue weighted by molar-refractivity contribution is -0.344. The first-order chi connectivity index (χ1) is 11.4. The molecular formula is C18H16N3O2+. The van der Waals surface area contributed by atoms with Crippen molar-refractivity contribution in [2.24, 2.45) is 5.16 Å². The molecule has 0 fully saturated rings. The fourth-order valence-electron chi connectivity index (χ4n) is 2.26. The van der Waals surface area contributed by atoms with Crippen LogP contribution in [0.15, 0.2) is 58.2 Å².